The maximum Gasteiger partial charge on any atom is 0.346 e. The number of rotatable bonds is 3. The number of para-hydroxylation sites is 1. The van der Waals surface area contributed by atoms with Gasteiger partial charge < -0.3 is 4.74 Å². The van der Waals surface area contributed by atoms with Crippen LogP contribution in [0, 0.1) is 27.8 Å². The molecule has 2 rings (SSSR count). The van der Waals surface area contributed by atoms with Crippen LogP contribution in [0.25, 0.3) is 0 Å². The summed E-state index contributed by atoms with van der Waals surface area (Å²) in [6.07, 6.45) is 2.79. The molecule has 5 heteroatoms. The van der Waals surface area contributed by atoms with E-state index in [1.165, 1.54) is 12.1 Å². The maximum absolute atomic E-state index is 13.5. The molecule has 2 atom stereocenters. The lowest BCUT2D eigenvalue weighted by Gasteiger charge is -2.31. The van der Waals surface area contributed by atoms with E-state index in [9.17, 15) is 14.5 Å². The number of ether oxygens (including phenoxy) is 1. The van der Waals surface area contributed by atoms with Gasteiger partial charge in [-0.15, -0.1) is 0 Å². The molecule has 0 heterocycles. The normalized spacial score (nSPS) is 27.0. The van der Waals surface area contributed by atoms with Crippen LogP contribution in [0.5, 0.6) is 5.75 Å². The average Bonchev–Trinajstić information content (AvgIpc) is 2.26. The SMILES string of the molecule is CC1CC(C)CC(Oc2cccc(F)c2[N+](=O)[O-])C1. The highest BCUT2D eigenvalue weighted by Crippen LogP contribution is 2.35. The molecule has 19 heavy (non-hydrogen) atoms. The van der Waals surface area contributed by atoms with Crippen LogP contribution >= 0.6 is 0 Å². The molecule has 0 saturated heterocycles. The quantitative estimate of drug-likeness (QED) is 0.615. The smallest absolute Gasteiger partial charge is 0.346 e. The van der Waals surface area contributed by atoms with Crippen LogP contribution in [0.2, 0.25) is 0 Å². The largest absolute Gasteiger partial charge is 0.483 e. The Kier molecular flexibility index (Phi) is 4.02. The summed E-state index contributed by atoms with van der Waals surface area (Å²) >= 11 is 0. The van der Waals surface area contributed by atoms with Crippen LogP contribution < -0.4 is 4.74 Å². The summed E-state index contributed by atoms with van der Waals surface area (Å²) in [4.78, 5) is 10.2. The predicted octanol–water partition coefficient (Wildman–Crippen LogP) is 3.94. The lowest BCUT2D eigenvalue weighted by Crippen LogP contribution is -2.28. The molecule has 1 saturated carbocycles. The van der Waals surface area contributed by atoms with E-state index in [4.69, 9.17) is 4.74 Å². The van der Waals surface area contributed by atoms with Crippen molar-refractivity contribution in [2.75, 3.05) is 0 Å². The van der Waals surface area contributed by atoms with Gasteiger partial charge >= 0.3 is 5.69 Å². The Labute approximate surface area is 111 Å². The zero-order valence-corrected chi connectivity index (χ0v) is 11.1. The third kappa shape index (κ3) is 3.22. The summed E-state index contributed by atoms with van der Waals surface area (Å²) < 4.78 is 19.2. The lowest BCUT2D eigenvalue weighted by atomic mass is 9.82. The van der Waals surface area contributed by atoms with E-state index in [0.29, 0.717) is 11.8 Å². The molecule has 4 nitrogen and oxygen atoms in total. The molecule has 104 valence electrons. The lowest BCUT2D eigenvalue weighted by molar-refractivity contribution is -0.388. The van der Waals surface area contributed by atoms with Crippen molar-refractivity contribution in [3.05, 3.63) is 34.1 Å². The van der Waals surface area contributed by atoms with E-state index in [1.54, 1.807) is 0 Å². The van der Waals surface area contributed by atoms with E-state index < -0.39 is 16.4 Å². The highest BCUT2D eigenvalue weighted by Gasteiger charge is 2.28. The van der Waals surface area contributed by atoms with Gasteiger partial charge in [0.25, 0.3) is 0 Å². The van der Waals surface area contributed by atoms with Gasteiger partial charge in [0, 0.05) is 0 Å². The van der Waals surface area contributed by atoms with E-state index in [-0.39, 0.29) is 11.9 Å². The number of halogens is 1. The fraction of sp³-hybridized carbons (Fsp3) is 0.571. The van der Waals surface area contributed by atoms with Gasteiger partial charge in [-0.1, -0.05) is 19.9 Å². The van der Waals surface area contributed by atoms with Crippen molar-refractivity contribution in [2.24, 2.45) is 11.8 Å². The van der Waals surface area contributed by atoms with Gasteiger partial charge in [0.2, 0.25) is 11.6 Å². The van der Waals surface area contributed by atoms with Gasteiger partial charge in [0.15, 0.2) is 0 Å². The number of benzene rings is 1. The summed E-state index contributed by atoms with van der Waals surface area (Å²) in [6.45, 7) is 4.29. The Morgan fingerprint density at radius 3 is 2.47 bits per heavy atom. The first kappa shape index (κ1) is 13.8. The number of hydrogen-bond donors (Lipinski definition) is 0. The van der Waals surface area contributed by atoms with Crippen molar-refractivity contribution in [2.45, 2.75) is 39.2 Å². The molecule has 0 radical (unpaired) electrons. The second-order valence-corrected chi connectivity index (χ2v) is 5.50. The molecule has 0 spiro atoms. The van der Waals surface area contributed by atoms with Gasteiger partial charge in [-0.05, 0) is 43.2 Å². The number of nitro groups is 1. The Morgan fingerprint density at radius 2 is 1.89 bits per heavy atom. The summed E-state index contributed by atoms with van der Waals surface area (Å²) in [5.74, 6) is 0.249. The number of nitro benzene ring substituents is 1. The molecule has 2 unspecified atom stereocenters. The van der Waals surface area contributed by atoms with Gasteiger partial charge in [0.1, 0.15) is 0 Å². The molecule has 1 aliphatic rings. The zero-order chi connectivity index (χ0) is 14.0. The van der Waals surface area contributed by atoms with Crippen molar-refractivity contribution >= 4 is 5.69 Å². The van der Waals surface area contributed by atoms with Crippen LogP contribution in [0.3, 0.4) is 0 Å². The predicted molar refractivity (Wildman–Crippen MR) is 69.6 cm³/mol. The molecule has 0 amide bonds. The van der Waals surface area contributed by atoms with Gasteiger partial charge in [-0.2, -0.15) is 4.39 Å². The van der Waals surface area contributed by atoms with Gasteiger partial charge in [0.05, 0.1) is 11.0 Å². The van der Waals surface area contributed by atoms with Crippen molar-refractivity contribution in [3.8, 4) is 5.75 Å². The Hall–Kier alpha value is -1.65. The van der Waals surface area contributed by atoms with Crippen molar-refractivity contribution < 1.29 is 14.1 Å². The van der Waals surface area contributed by atoms with Crippen LogP contribution in [0.15, 0.2) is 18.2 Å². The van der Waals surface area contributed by atoms with Crippen LogP contribution in [-0.4, -0.2) is 11.0 Å². The highest BCUT2D eigenvalue weighted by atomic mass is 19.1. The van der Waals surface area contributed by atoms with Crippen LogP contribution in [0.1, 0.15) is 33.1 Å². The maximum atomic E-state index is 13.5. The highest BCUT2D eigenvalue weighted by molar-refractivity contribution is 5.47. The molecule has 1 fully saturated rings. The minimum Gasteiger partial charge on any atom is -0.483 e. The molecular weight excluding hydrogens is 249 g/mol. The minimum absolute atomic E-state index is 0.0382. The number of hydrogen-bond acceptors (Lipinski definition) is 3. The average molecular weight is 267 g/mol. The zero-order valence-electron chi connectivity index (χ0n) is 11.1. The second kappa shape index (κ2) is 5.55. The van der Waals surface area contributed by atoms with Crippen molar-refractivity contribution in [1.29, 1.82) is 0 Å². The van der Waals surface area contributed by atoms with Crippen LogP contribution in [0.4, 0.5) is 10.1 Å². The topological polar surface area (TPSA) is 52.4 Å². The Balaban J connectivity index is 2.19. The molecule has 0 aliphatic heterocycles. The van der Waals surface area contributed by atoms with E-state index in [0.717, 1.165) is 25.3 Å². The van der Waals surface area contributed by atoms with Crippen molar-refractivity contribution in [3.63, 3.8) is 0 Å². The first-order valence-electron chi connectivity index (χ1n) is 6.57. The Morgan fingerprint density at radius 1 is 1.26 bits per heavy atom. The molecule has 1 aliphatic carbocycles. The molecule has 0 N–H and O–H groups in total. The fourth-order valence-electron chi connectivity index (χ4n) is 2.92. The van der Waals surface area contributed by atoms with Crippen molar-refractivity contribution in [1.82, 2.24) is 0 Å². The third-order valence-corrected chi connectivity index (χ3v) is 3.56. The van der Waals surface area contributed by atoms with Crippen LogP contribution in [-0.2, 0) is 0 Å². The van der Waals surface area contributed by atoms with E-state index in [1.807, 2.05) is 0 Å². The van der Waals surface area contributed by atoms with E-state index in [2.05, 4.69) is 13.8 Å². The first-order chi connectivity index (χ1) is 8.97. The van der Waals surface area contributed by atoms with Gasteiger partial charge in [-0.25, -0.2) is 0 Å². The summed E-state index contributed by atoms with van der Waals surface area (Å²) in [6, 6.07) is 3.98. The monoisotopic (exact) mass is 267 g/mol. The van der Waals surface area contributed by atoms with Gasteiger partial charge in [-0.3, -0.25) is 10.1 Å². The molecule has 0 aromatic heterocycles. The molecule has 1 aromatic rings. The first-order valence-corrected chi connectivity index (χ1v) is 6.57. The second-order valence-electron chi connectivity index (χ2n) is 5.50. The minimum atomic E-state index is -0.848. The summed E-state index contributed by atoms with van der Waals surface area (Å²) in [5.41, 5.74) is -0.562. The summed E-state index contributed by atoms with van der Waals surface area (Å²) in [7, 11) is 0. The molecular formula is C14H18FNO3. The Bertz CT molecular complexity index is 468. The molecule has 1 aromatic carbocycles. The standard InChI is InChI=1S/C14H18FNO3/c1-9-6-10(2)8-11(7-9)19-13-5-3-4-12(15)14(13)16(17)18/h3-5,9-11H,6-8H2,1-2H3. The third-order valence-electron chi connectivity index (χ3n) is 3.56. The van der Waals surface area contributed by atoms with E-state index >= 15 is 0 Å². The summed E-state index contributed by atoms with van der Waals surface area (Å²) in [5, 5.41) is 10.9. The molecule has 0 bridgehead atoms. The fourth-order valence-corrected chi connectivity index (χ4v) is 2.92. The number of nitrogens with zero attached hydrogens (tertiary/aromatic N) is 1.